The molecule has 1 saturated heterocycles. The standard InChI is InChI=1S/C20H14F3N3O8.CH4O3S/c1-8-2-3-10(6-11(8)17(28)29)18(30)34-15(14-16(27)25-19(31)24-14)9-4-5-13(26(32)33)12(7-9)20(21,22)23;1-5(2,3)4/h2-7,14-15H,1H3,(H,28,29)(H2,24,25,27,31);1H3,(H,2,3,4). The van der Waals surface area contributed by atoms with E-state index in [0.29, 0.717) is 24.0 Å². The highest BCUT2D eigenvalue weighted by Crippen LogP contribution is 2.38. The largest absolute Gasteiger partial charge is 0.478 e. The summed E-state index contributed by atoms with van der Waals surface area (Å²) in [5.74, 6) is -3.59. The molecule has 0 aliphatic carbocycles. The zero-order chi connectivity index (χ0) is 29.9. The van der Waals surface area contributed by atoms with Crippen LogP contribution >= 0.6 is 0 Å². The van der Waals surface area contributed by atoms with Gasteiger partial charge in [-0.05, 0) is 42.3 Å². The fourth-order valence-electron chi connectivity index (χ4n) is 3.25. The van der Waals surface area contributed by atoms with Crippen molar-refractivity contribution in [2.75, 3.05) is 6.26 Å². The van der Waals surface area contributed by atoms with Crippen LogP contribution in [-0.2, 0) is 25.8 Å². The van der Waals surface area contributed by atoms with Crippen LogP contribution in [-0.4, -0.2) is 59.2 Å². The van der Waals surface area contributed by atoms with Gasteiger partial charge < -0.3 is 15.2 Å². The van der Waals surface area contributed by atoms with Gasteiger partial charge in [-0.25, -0.2) is 14.4 Å². The van der Waals surface area contributed by atoms with Crippen molar-refractivity contribution in [3.63, 3.8) is 0 Å². The SMILES string of the molecule is CS(=O)(=O)O.Cc1ccc(C(=O)OC(c2ccc([N+](=O)[O-])c(C(F)(F)F)c2)C2NC(=O)NC2=O)cc1C(=O)O. The number of carbonyl (C=O) groups is 4. The lowest BCUT2D eigenvalue weighted by Crippen LogP contribution is -2.38. The number of hydrogen-bond donors (Lipinski definition) is 4. The van der Waals surface area contributed by atoms with Gasteiger partial charge in [-0.3, -0.25) is 24.8 Å². The van der Waals surface area contributed by atoms with Crippen LogP contribution in [0.15, 0.2) is 36.4 Å². The summed E-state index contributed by atoms with van der Waals surface area (Å²) >= 11 is 0. The molecule has 2 aromatic rings. The van der Waals surface area contributed by atoms with Crippen LogP contribution in [0, 0.1) is 17.0 Å². The summed E-state index contributed by atoms with van der Waals surface area (Å²) in [6.45, 7) is 1.47. The molecule has 210 valence electrons. The maximum absolute atomic E-state index is 13.4. The number of nitrogens with zero attached hydrogens (tertiary/aromatic N) is 1. The van der Waals surface area contributed by atoms with E-state index in [4.69, 9.17) is 9.29 Å². The molecular weight excluding hydrogens is 559 g/mol. The number of rotatable bonds is 6. The molecule has 0 aromatic heterocycles. The molecule has 3 amide bonds. The van der Waals surface area contributed by atoms with Crippen molar-refractivity contribution in [2.45, 2.75) is 25.2 Å². The van der Waals surface area contributed by atoms with Crippen LogP contribution in [0.1, 0.15) is 43.5 Å². The number of nitro groups is 1. The Morgan fingerprint density at radius 3 is 2.21 bits per heavy atom. The number of urea groups is 1. The molecule has 2 unspecified atom stereocenters. The first-order valence-electron chi connectivity index (χ1n) is 10.2. The molecule has 0 spiro atoms. The fourth-order valence-corrected chi connectivity index (χ4v) is 3.25. The quantitative estimate of drug-likeness (QED) is 0.128. The Bertz CT molecular complexity index is 1450. The predicted octanol–water partition coefficient (Wildman–Crippen LogP) is 2.23. The molecule has 0 radical (unpaired) electrons. The molecule has 1 heterocycles. The van der Waals surface area contributed by atoms with Crippen LogP contribution in [0.2, 0.25) is 0 Å². The van der Waals surface area contributed by atoms with Crippen LogP contribution in [0.4, 0.5) is 23.7 Å². The topological polar surface area (TPSA) is 219 Å². The molecule has 1 aliphatic rings. The van der Waals surface area contributed by atoms with Crippen molar-refractivity contribution in [1.29, 1.82) is 0 Å². The van der Waals surface area contributed by atoms with E-state index in [1.165, 1.54) is 19.1 Å². The molecule has 0 saturated carbocycles. The number of esters is 1. The number of aryl methyl sites for hydroxylation is 1. The number of carbonyl (C=O) groups excluding carboxylic acids is 3. The number of ether oxygens (including phenoxy) is 1. The average molecular weight is 577 g/mol. The van der Waals surface area contributed by atoms with Crippen molar-refractivity contribution < 1.29 is 60.1 Å². The lowest BCUT2D eigenvalue weighted by atomic mass is 9.98. The van der Waals surface area contributed by atoms with Gasteiger partial charge >= 0.3 is 24.1 Å². The van der Waals surface area contributed by atoms with Crippen molar-refractivity contribution in [1.82, 2.24) is 10.6 Å². The number of aromatic carboxylic acids is 1. The summed E-state index contributed by atoms with van der Waals surface area (Å²) in [6.07, 6.45) is -6.29. The van der Waals surface area contributed by atoms with Crippen LogP contribution < -0.4 is 10.6 Å². The Balaban J connectivity index is 0.000000976. The number of amides is 3. The Morgan fingerprint density at radius 1 is 1.15 bits per heavy atom. The molecule has 1 aliphatic heterocycles. The van der Waals surface area contributed by atoms with Gasteiger partial charge in [0.25, 0.3) is 21.7 Å². The predicted molar refractivity (Wildman–Crippen MR) is 122 cm³/mol. The van der Waals surface area contributed by atoms with Gasteiger partial charge in [0, 0.05) is 6.07 Å². The molecule has 2 aromatic carbocycles. The highest BCUT2D eigenvalue weighted by atomic mass is 32.2. The Hall–Kier alpha value is -4.58. The normalized spacial score (nSPS) is 15.8. The van der Waals surface area contributed by atoms with Crippen molar-refractivity contribution in [3.8, 4) is 0 Å². The summed E-state index contributed by atoms with van der Waals surface area (Å²) in [5.41, 5.74) is -3.63. The average Bonchev–Trinajstić information content (AvgIpc) is 3.12. The second-order valence-electron chi connectivity index (χ2n) is 7.87. The summed E-state index contributed by atoms with van der Waals surface area (Å²) in [4.78, 5) is 57.6. The zero-order valence-electron chi connectivity index (χ0n) is 19.7. The molecule has 2 atom stereocenters. The van der Waals surface area contributed by atoms with Gasteiger partial charge in [0.2, 0.25) is 0 Å². The molecule has 39 heavy (non-hydrogen) atoms. The summed E-state index contributed by atoms with van der Waals surface area (Å²) in [6, 6.07) is 2.52. The monoisotopic (exact) mass is 577 g/mol. The van der Waals surface area contributed by atoms with Crippen LogP contribution in [0.5, 0.6) is 0 Å². The Kier molecular flexibility index (Phi) is 8.99. The molecule has 1 fully saturated rings. The minimum absolute atomic E-state index is 0.243. The third-order valence-electron chi connectivity index (χ3n) is 4.90. The van der Waals surface area contributed by atoms with E-state index in [2.05, 4.69) is 5.32 Å². The van der Waals surface area contributed by atoms with Crippen LogP contribution in [0.3, 0.4) is 0 Å². The minimum atomic E-state index is -5.17. The number of imide groups is 1. The van der Waals surface area contributed by atoms with E-state index in [1.807, 2.05) is 5.32 Å². The first-order chi connectivity index (χ1) is 17.8. The smallest absolute Gasteiger partial charge is 0.423 e. The molecule has 18 heteroatoms. The Morgan fingerprint density at radius 2 is 1.74 bits per heavy atom. The van der Waals surface area contributed by atoms with Gasteiger partial charge in [-0.2, -0.15) is 21.6 Å². The number of alkyl halides is 3. The molecule has 14 nitrogen and oxygen atoms in total. The third kappa shape index (κ3) is 8.20. The highest BCUT2D eigenvalue weighted by molar-refractivity contribution is 7.85. The second-order valence-corrected chi connectivity index (χ2v) is 9.33. The number of carboxylic acid groups (broad SMARTS) is 1. The van der Waals surface area contributed by atoms with Crippen molar-refractivity contribution >= 4 is 39.7 Å². The van der Waals surface area contributed by atoms with Gasteiger partial charge in [-0.15, -0.1) is 0 Å². The number of hydrogen-bond acceptors (Lipinski definition) is 9. The highest BCUT2D eigenvalue weighted by Gasteiger charge is 2.43. The molecule has 0 bridgehead atoms. The molecule has 4 N–H and O–H groups in total. The van der Waals surface area contributed by atoms with Gasteiger partial charge in [-0.1, -0.05) is 6.07 Å². The van der Waals surface area contributed by atoms with E-state index in [9.17, 15) is 56.0 Å². The first-order valence-corrected chi connectivity index (χ1v) is 12.1. The molecule has 3 rings (SSSR count). The van der Waals surface area contributed by atoms with E-state index < -0.39 is 74.1 Å². The summed E-state index contributed by atoms with van der Waals surface area (Å²) < 4.78 is 71.4. The summed E-state index contributed by atoms with van der Waals surface area (Å²) in [7, 11) is -3.67. The maximum atomic E-state index is 13.4. The van der Waals surface area contributed by atoms with Gasteiger partial charge in [0.1, 0.15) is 5.56 Å². The van der Waals surface area contributed by atoms with E-state index >= 15 is 0 Å². The lowest BCUT2D eigenvalue weighted by Gasteiger charge is -2.23. The number of nitro benzene ring substituents is 1. The minimum Gasteiger partial charge on any atom is -0.478 e. The van der Waals surface area contributed by atoms with E-state index in [1.54, 1.807) is 0 Å². The van der Waals surface area contributed by atoms with Crippen molar-refractivity contribution in [3.05, 3.63) is 74.3 Å². The number of halogens is 3. The van der Waals surface area contributed by atoms with E-state index in [-0.39, 0.29) is 11.1 Å². The molecular formula is C21H18F3N3O11S. The van der Waals surface area contributed by atoms with Crippen molar-refractivity contribution in [2.24, 2.45) is 0 Å². The fraction of sp³-hybridized carbons (Fsp3) is 0.238. The second kappa shape index (κ2) is 11.4. The van der Waals surface area contributed by atoms with Gasteiger partial charge in [0.05, 0.1) is 22.3 Å². The lowest BCUT2D eigenvalue weighted by molar-refractivity contribution is -0.388. The van der Waals surface area contributed by atoms with E-state index in [0.717, 1.165) is 12.1 Å². The number of nitrogens with one attached hydrogen (secondary N) is 2. The number of benzene rings is 2. The van der Waals surface area contributed by atoms with Crippen LogP contribution in [0.25, 0.3) is 0 Å². The third-order valence-corrected chi connectivity index (χ3v) is 4.90. The Labute approximate surface area is 216 Å². The zero-order valence-corrected chi connectivity index (χ0v) is 20.5. The van der Waals surface area contributed by atoms with Gasteiger partial charge in [0.15, 0.2) is 12.1 Å². The first kappa shape index (κ1) is 30.6. The maximum Gasteiger partial charge on any atom is 0.423 e. The number of carboxylic acids is 1. The summed E-state index contributed by atoms with van der Waals surface area (Å²) in [5, 5.41) is 24.2.